The summed E-state index contributed by atoms with van der Waals surface area (Å²) >= 11 is 0. The van der Waals surface area contributed by atoms with Gasteiger partial charge in [0.05, 0.1) is 5.41 Å². The average Bonchev–Trinajstić information content (AvgIpc) is 2.47. The maximum absolute atomic E-state index is 13.1. The van der Waals surface area contributed by atoms with E-state index in [4.69, 9.17) is 0 Å². The first-order chi connectivity index (χ1) is 10.00. The van der Waals surface area contributed by atoms with Gasteiger partial charge in [-0.25, -0.2) is 0 Å². The monoisotopic (exact) mass is 288 g/mol. The van der Waals surface area contributed by atoms with Crippen LogP contribution in [-0.4, -0.2) is 26.0 Å². The number of carbonyl (C=O) groups is 1. The summed E-state index contributed by atoms with van der Waals surface area (Å²) in [7, 11) is 1.93. The molecular formula is C18H28N2O. The number of benzene rings is 1. The summed E-state index contributed by atoms with van der Waals surface area (Å²) in [5, 5.41) is 3.38. The summed E-state index contributed by atoms with van der Waals surface area (Å²) in [4.78, 5) is 15.0. The molecule has 0 aliphatic carbocycles. The van der Waals surface area contributed by atoms with Crippen LogP contribution in [0.25, 0.3) is 0 Å². The Kier molecular flexibility index (Phi) is 5.04. The van der Waals surface area contributed by atoms with Gasteiger partial charge in [0.25, 0.3) is 0 Å². The first-order valence-electron chi connectivity index (χ1n) is 8.06. The molecule has 1 aliphatic rings. The van der Waals surface area contributed by atoms with Crippen LogP contribution in [0.4, 0.5) is 5.69 Å². The molecule has 1 amide bonds. The summed E-state index contributed by atoms with van der Waals surface area (Å²) in [5.41, 5.74) is 3.28. The molecule has 1 N–H and O–H groups in total. The van der Waals surface area contributed by atoms with Crippen molar-refractivity contribution in [3.63, 3.8) is 0 Å². The summed E-state index contributed by atoms with van der Waals surface area (Å²) in [6, 6.07) is 6.30. The molecule has 116 valence electrons. The Morgan fingerprint density at radius 1 is 1.29 bits per heavy atom. The Balaban J connectivity index is 2.27. The van der Waals surface area contributed by atoms with Crippen LogP contribution < -0.4 is 10.2 Å². The fourth-order valence-electron chi connectivity index (χ4n) is 3.60. The fraction of sp³-hybridized carbons (Fsp3) is 0.611. The Bertz CT molecular complexity index is 498. The van der Waals surface area contributed by atoms with E-state index in [-0.39, 0.29) is 11.3 Å². The second-order valence-corrected chi connectivity index (χ2v) is 6.43. The number of anilines is 1. The number of nitrogens with one attached hydrogen (secondary N) is 1. The van der Waals surface area contributed by atoms with Crippen LogP contribution in [0.5, 0.6) is 0 Å². The van der Waals surface area contributed by atoms with E-state index in [1.165, 1.54) is 11.1 Å². The van der Waals surface area contributed by atoms with Gasteiger partial charge >= 0.3 is 0 Å². The van der Waals surface area contributed by atoms with E-state index in [9.17, 15) is 4.79 Å². The molecule has 0 bridgehead atoms. The molecule has 0 aromatic heterocycles. The summed E-state index contributed by atoms with van der Waals surface area (Å²) < 4.78 is 0. The predicted octanol–water partition coefficient (Wildman–Crippen LogP) is 3.44. The van der Waals surface area contributed by atoms with Crippen molar-refractivity contribution in [1.29, 1.82) is 0 Å². The van der Waals surface area contributed by atoms with Crippen molar-refractivity contribution in [1.82, 2.24) is 5.32 Å². The Hall–Kier alpha value is -1.35. The molecule has 0 radical (unpaired) electrons. The zero-order valence-corrected chi connectivity index (χ0v) is 13.8. The van der Waals surface area contributed by atoms with Gasteiger partial charge in [-0.1, -0.05) is 31.0 Å². The molecule has 1 fully saturated rings. The highest BCUT2D eigenvalue weighted by molar-refractivity contribution is 5.97. The van der Waals surface area contributed by atoms with E-state index in [1.807, 2.05) is 11.9 Å². The van der Waals surface area contributed by atoms with Crippen LogP contribution in [-0.2, 0) is 4.79 Å². The van der Waals surface area contributed by atoms with E-state index in [1.54, 1.807) is 0 Å². The van der Waals surface area contributed by atoms with Crippen LogP contribution in [0.15, 0.2) is 18.2 Å². The summed E-state index contributed by atoms with van der Waals surface area (Å²) in [6.07, 6.45) is 3.96. The van der Waals surface area contributed by atoms with E-state index in [2.05, 4.69) is 44.3 Å². The number of piperidine rings is 1. The van der Waals surface area contributed by atoms with Crippen LogP contribution in [0.1, 0.15) is 43.7 Å². The molecule has 3 heteroatoms. The van der Waals surface area contributed by atoms with E-state index in [0.29, 0.717) is 0 Å². The van der Waals surface area contributed by atoms with Crippen molar-refractivity contribution >= 4 is 11.6 Å². The van der Waals surface area contributed by atoms with Crippen LogP contribution in [0.3, 0.4) is 0 Å². The highest BCUT2D eigenvalue weighted by Gasteiger charge is 2.40. The number of aryl methyl sites for hydroxylation is 2. The summed E-state index contributed by atoms with van der Waals surface area (Å²) in [5.74, 6) is 0.290. The minimum absolute atomic E-state index is 0.175. The molecular weight excluding hydrogens is 260 g/mol. The minimum Gasteiger partial charge on any atom is -0.317 e. The highest BCUT2D eigenvalue weighted by Crippen LogP contribution is 2.37. The quantitative estimate of drug-likeness (QED) is 0.920. The standard InChI is InChI=1S/C18H28N2O/c1-5-8-18(9-11-19-12-10-18)17(21)20(4)16-7-6-14(2)13-15(16)3/h6-7,13,19H,5,8-12H2,1-4H3. The Morgan fingerprint density at radius 2 is 1.95 bits per heavy atom. The topological polar surface area (TPSA) is 32.3 Å². The molecule has 1 heterocycles. The predicted molar refractivity (Wildman–Crippen MR) is 88.8 cm³/mol. The smallest absolute Gasteiger partial charge is 0.233 e. The van der Waals surface area contributed by atoms with Gasteiger partial charge in [-0.3, -0.25) is 4.79 Å². The zero-order chi connectivity index (χ0) is 15.5. The molecule has 0 atom stereocenters. The van der Waals surface area contributed by atoms with E-state index >= 15 is 0 Å². The molecule has 1 aromatic carbocycles. The lowest BCUT2D eigenvalue weighted by Crippen LogP contribution is -2.48. The van der Waals surface area contributed by atoms with Gasteiger partial charge < -0.3 is 10.2 Å². The molecule has 1 saturated heterocycles. The third-order valence-electron chi connectivity index (χ3n) is 4.76. The average molecular weight is 288 g/mol. The van der Waals surface area contributed by atoms with Crippen molar-refractivity contribution in [3.05, 3.63) is 29.3 Å². The molecule has 0 spiro atoms. The van der Waals surface area contributed by atoms with Gasteiger partial charge in [-0.05, 0) is 57.8 Å². The lowest BCUT2D eigenvalue weighted by atomic mass is 9.74. The van der Waals surface area contributed by atoms with Gasteiger partial charge in [0.2, 0.25) is 5.91 Å². The molecule has 3 nitrogen and oxygen atoms in total. The largest absolute Gasteiger partial charge is 0.317 e. The lowest BCUT2D eigenvalue weighted by Gasteiger charge is -2.39. The van der Waals surface area contributed by atoms with Crippen molar-refractivity contribution in [2.24, 2.45) is 5.41 Å². The first-order valence-corrected chi connectivity index (χ1v) is 8.06. The second-order valence-electron chi connectivity index (χ2n) is 6.43. The van der Waals surface area contributed by atoms with E-state index < -0.39 is 0 Å². The van der Waals surface area contributed by atoms with Crippen molar-refractivity contribution in [2.75, 3.05) is 25.0 Å². The maximum Gasteiger partial charge on any atom is 0.233 e. The molecule has 0 saturated carbocycles. The third kappa shape index (κ3) is 3.29. The highest BCUT2D eigenvalue weighted by atomic mass is 16.2. The van der Waals surface area contributed by atoms with Gasteiger partial charge in [-0.2, -0.15) is 0 Å². The summed E-state index contributed by atoms with van der Waals surface area (Å²) in [6.45, 7) is 8.25. The number of carbonyl (C=O) groups excluding carboxylic acids is 1. The van der Waals surface area contributed by atoms with Crippen LogP contribution in [0.2, 0.25) is 0 Å². The normalized spacial score (nSPS) is 17.5. The number of amides is 1. The number of hydrogen-bond donors (Lipinski definition) is 1. The van der Waals surface area contributed by atoms with Crippen molar-refractivity contribution in [3.8, 4) is 0 Å². The second kappa shape index (κ2) is 6.61. The number of nitrogens with zero attached hydrogens (tertiary/aromatic N) is 1. The molecule has 1 aliphatic heterocycles. The van der Waals surface area contributed by atoms with Gasteiger partial charge in [0.15, 0.2) is 0 Å². The molecule has 2 rings (SSSR count). The fourth-order valence-corrected chi connectivity index (χ4v) is 3.60. The lowest BCUT2D eigenvalue weighted by molar-refractivity contribution is -0.130. The number of hydrogen-bond acceptors (Lipinski definition) is 2. The van der Waals surface area contributed by atoms with Crippen molar-refractivity contribution in [2.45, 2.75) is 46.5 Å². The van der Waals surface area contributed by atoms with Gasteiger partial charge in [-0.15, -0.1) is 0 Å². The Morgan fingerprint density at radius 3 is 2.52 bits per heavy atom. The van der Waals surface area contributed by atoms with Crippen molar-refractivity contribution < 1.29 is 4.79 Å². The maximum atomic E-state index is 13.1. The Labute approximate surface area is 128 Å². The zero-order valence-electron chi connectivity index (χ0n) is 13.8. The SMILES string of the molecule is CCCC1(C(=O)N(C)c2ccc(C)cc2C)CCNCC1. The number of rotatable bonds is 4. The minimum atomic E-state index is -0.175. The van der Waals surface area contributed by atoms with E-state index in [0.717, 1.165) is 44.5 Å². The first kappa shape index (κ1) is 16.0. The molecule has 0 unspecified atom stereocenters. The van der Waals surface area contributed by atoms with Gasteiger partial charge in [0, 0.05) is 12.7 Å². The molecule has 21 heavy (non-hydrogen) atoms. The molecule has 1 aromatic rings. The van der Waals surface area contributed by atoms with Crippen LogP contribution >= 0.6 is 0 Å². The van der Waals surface area contributed by atoms with Crippen LogP contribution in [0, 0.1) is 19.3 Å². The van der Waals surface area contributed by atoms with Gasteiger partial charge in [0.1, 0.15) is 0 Å². The third-order valence-corrected chi connectivity index (χ3v) is 4.76.